The van der Waals surface area contributed by atoms with Crippen molar-refractivity contribution in [2.24, 2.45) is 5.92 Å². The molecule has 1 N–H and O–H groups in total. The lowest BCUT2D eigenvalue weighted by Gasteiger charge is -2.16. The third-order valence-electron chi connectivity index (χ3n) is 4.75. The fourth-order valence-corrected chi connectivity index (χ4v) is 3.39. The molecule has 138 valence electrons. The van der Waals surface area contributed by atoms with E-state index in [-0.39, 0.29) is 17.7 Å². The molecule has 1 atom stereocenters. The lowest BCUT2D eigenvalue weighted by molar-refractivity contribution is -0.129. The lowest BCUT2D eigenvalue weighted by Crippen LogP contribution is -2.33. The average Bonchev–Trinajstić information content (AvgIpc) is 3.14. The van der Waals surface area contributed by atoms with Gasteiger partial charge in [-0.15, -0.1) is 0 Å². The summed E-state index contributed by atoms with van der Waals surface area (Å²) >= 11 is 0. The summed E-state index contributed by atoms with van der Waals surface area (Å²) in [6.07, 6.45) is 1.12. The maximum atomic E-state index is 12.4. The zero-order valence-electron chi connectivity index (χ0n) is 15.4. The zero-order chi connectivity index (χ0) is 18.5. The number of likely N-dealkylation sites (tertiary alicyclic amines) is 1. The van der Waals surface area contributed by atoms with Gasteiger partial charge < -0.3 is 10.2 Å². The maximum Gasteiger partial charge on any atom is 0.225 e. The third kappa shape index (κ3) is 4.50. The summed E-state index contributed by atoms with van der Waals surface area (Å²) in [7, 11) is 0. The SMILES string of the molecule is Cc1cc(C)n(CCCNC(=O)[C@H]2CC(=O)N(Cc3ccccc3)C2)n1. The predicted octanol–water partition coefficient (Wildman–Crippen LogP) is 2.05. The number of hydrogen-bond donors (Lipinski definition) is 1. The Bertz CT molecular complexity index is 769. The Kier molecular flexibility index (Phi) is 5.71. The number of benzene rings is 1. The standard InChI is InChI=1S/C20H26N4O2/c1-15-11-16(2)24(22-15)10-6-9-21-20(26)18-12-19(25)23(14-18)13-17-7-4-3-5-8-17/h3-5,7-8,11,18H,6,9-10,12-14H2,1-2H3,(H,21,26)/t18-/m0/s1. The van der Waals surface area contributed by atoms with Crippen molar-refractivity contribution >= 4 is 11.8 Å². The Morgan fingerprint density at radius 3 is 2.73 bits per heavy atom. The van der Waals surface area contributed by atoms with Crippen molar-refractivity contribution in [1.29, 1.82) is 0 Å². The summed E-state index contributed by atoms with van der Waals surface area (Å²) in [4.78, 5) is 26.3. The van der Waals surface area contributed by atoms with Gasteiger partial charge in [-0.25, -0.2) is 0 Å². The number of nitrogens with zero attached hydrogens (tertiary/aromatic N) is 3. The van der Waals surface area contributed by atoms with E-state index in [1.807, 2.05) is 54.9 Å². The molecular weight excluding hydrogens is 328 g/mol. The fraction of sp³-hybridized carbons (Fsp3) is 0.450. The molecule has 0 spiro atoms. The van der Waals surface area contributed by atoms with Gasteiger partial charge in [-0.2, -0.15) is 5.10 Å². The van der Waals surface area contributed by atoms with Crippen molar-refractivity contribution in [3.8, 4) is 0 Å². The van der Waals surface area contributed by atoms with E-state index in [2.05, 4.69) is 10.4 Å². The monoisotopic (exact) mass is 354 g/mol. The minimum absolute atomic E-state index is 0.0257. The summed E-state index contributed by atoms with van der Waals surface area (Å²) in [6, 6.07) is 11.9. The molecular formula is C20H26N4O2. The Morgan fingerprint density at radius 1 is 1.27 bits per heavy atom. The minimum atomic E-state index is -0.250. The van der Waals surface area contributed by atoms with E-state index >= 15 is 0 Å². The van der Waals surface area contributed by atoms with Crippen LogP contribution in [0, 0.1) is 19.8 Å². The highest BCUT2D eigenvalue weighted by molar-refractivity contribution is 5.89. The van der Waals surface area contributed by atoms with Crippen LogP contribution in [0.5, 0.6) is 0 Å². The summed E-state index contributed by atoms with van der Waals surface area (Å²) in [5, 5.41) is 7.38. The first-order valence-electron chi connectivity index (χ1n) is 9.13. The van der Waals surface area contributed by atoms with Crippen LogP contribution < -0.4 is 5.32 Å². The predicted molar refractivity (Wildman–Crippen MR) is 99.3 cm³/mol. The molecule has 0 bridgehead atoms. The normalized spacial score (nSPS) is 16.9. The molecule has 2 amide bonds. The molecule has 0 unspecified atom stereocenters. The number of aromatic nitrogens is 2. The molecule has 1 aromatic carbocycles. The number of hydrogen-bond acceptors (Lipinski definition) is 3. The molecule has 0 aliphatic carbocycles. The molecule has 26 heavy (non-hydrogen) atoms. The molecule has 1 saturated heterocycles. The van der Waals surface area contributed by atoms with Crippen LogP contribution in [-0.2, 0) is 22.7 Å². The van der Waals surface area contributed by atoms with Crippen LogP contribution in [0.4, 0.5) is 0 Å². The highest BCUT2D eigenvalue weighted by Gasteiger charge is 2.33. The number of carbonyl (C=O) groups excluding carboxylic acids is 2. The second kappa shape index (κ2) is 8.17. The topological polar surface area (TPSA) is 67.2 Å². The van der Waals surface area contributed by atoms with Crippen LogP contribution in [0.25, 0.3) is 0 Å². The highest BCUT2D eigenvalue weighted by Crippen LogP contribution is 2.20. The van der Waals surface area contributed by atoms with Crippen LogP contribution >= 0.6 is 0 Å². The van der Waals surface area contributed by atoms with Crippen LogP contribution in [0.3, 0.4) is 0 Å². The van der Waals surface area contributed by atoms with Gasteiger partial charge >= 0.3 is 0 Å². The first kappa shape index (κ1) is 18.2. The van der Waals surface area contributed by atoms with E-state index in [4.69, 9.17) is 0 Å². The van der Waals surface area contributed by atoms with Gasteiger partial charge in [-0.05, 0) is 31.9 Å². The third-order valence-corrected chi connectivity index (χ3v) is 4.75. The molecule has 2 aromatic rings. The molecule has 2 heterocycles. The molecule has 1 fully saturated rings. The smallest absolute Gasteiger partial charge is 0.225 e. The number of aryl methyl sites for hydroxylation is 3. The van der Waals surface area contributed by atoms with Gasteiger partial charge in [-0.3, -0.25) is 14.3 Å². The van der Waals surface area contributed by atoms with E-state index in [1.165, 1.54) is 0 Å². The van der Waals surface area contributed by atoms with Crippen LogP contribution in [0.1, 0.15) is 29.8 Å². The summed E-state index contributed by atoms with van der Waals surface area (Å²) in [5.41, 5.74) is 3.23. The molecule has 0 saturated carbocycles. The largest absolute Gasteiger partial charge is 0.356 e. The van der Waals surface area contributed by atoms with Gasteiger partial charge in [0.1, 0.15) is 0 Å². The Labute approximate surface area is 154 Å². The van der Waals surface area contributed by atoms with E-state index in [0.29, 0.717) is 26.1 Å². The molecule has 6 heteroatoms. The summed E-state index contributed by atoms with van der Waals surface area (Å²) < 4.78 is 1.96. The van der Waals surface area contributed by atoms with Crippen LogP contribution in [0.2, 0.25) is 0 Å². The van der Waals surface area contributed by atoms with Crippen molar-refractivity contribution in [2.45, 2.75) is 39.8 Å². The van der Waals surface area contributed by atoms with Crippen molar-refractivity contribution in [1.82, 2.24) is 20.0 Å². The van der Waals surface area contributed by atoms with Gasteiger partial charge in [0.2, 0.25) is 11.8 Å². The van der Waals surface area contributed by atoms with Gasteiger partial charge in [0, 0.05) is 38.3 Å². The first-order chi connectivity index (χ1) is 12.5. The molecule has 6 nitrogen and oxygen atoms in total. The molecule has 3 rings (SSSR count). The molecule has 1 aromatic heterocycles. The lowest BCUT2D eigenvalue weighted by atomic mass is 10.1. The van der Waals surface area contributed by atoms with E-state index in [9.17, 15) is 9.59 Å². The molecule has 0 radical (unpaired) electrons. The second-order valence-corrected chi connectivity index (χ2v) is 6.96. The first-order valence-corrected chi connectivity index (χ1v) is 9.13. The number of nitrogens with one attached hydrogen (secondary N) is 1. The average molecular weight is 354 g/mol. The Balaban J connectivity index is 1.42. The fourth-order valence-electron chi connectivity index (χ4n) is 3.39. The highest BCUT2D eigenvalue weighted by atomic mass is 16.2. The van der Waals surface area contributed by atoms with E-state index in [1.54, 1.807) is 4.90 Å². The quantitative estimate of drug-likeness (QED) is 0.774. The van der Waals surface area contributed by atoms with Crippen molar-refractivity contribution in [3.05, 3.63) is 53.3 Å². The Hall–Kier alpha value is -2.63. The molecule has 1 aliphatic rings. The number of amides is 2. The van der Waals surface area contributed by atoms with Crippen LogP contribution in [-0.4, -0.2) is 39.6 Å². The second-order valence-electron chi connectivity index (χ2n) is 6.96. The zero-order valence-corrected chi connectivity index (χ0v) is 15.4. The van der Waals surface area contributed by atoms with Crippen molar-refractivity contribution in [3.63, 3.8) is 0 Å². The van der Waals surface area contributed by atoms with Crippen LogP contribution in [0.15, 0.2) is 36.4 Å². The van der Waals surface area contributed by atoms with Crippen molar-refractivity contribution < 1.29 is 9.59 Å². The number of carbonyl (C=O) groups is 2. The van der Waals surface area contributed by atoms with Gasteiger partial charge in [-0.1, -0.05) is 30.3 Å². The van der Waals surface area contributed by atoms with Gasteiger partial charge in [0.05, 0.1) is 11.6 Å². The van der Waals surface area contributed by atoms with E-state index < -0.39 is 0 Å². The number of rotatable bonds is 7. The van der Waals surface area contributed by atoms with Gasteiger partial charge in [0.25, 0.3) is 0 Å². The molecule has 1 aliphatic heterocycles. The maximum absolute atomic E-state index is 12.4. The minimum Gasteiger partial charge on any atom is -0.356 e. The van der Waals surface area contributed by atoms with Crippen molar-refractivity contribution in [2.75, 3.05) is 13.1 Å². The summed E-state index contributed by atoms with van der Waals surface area (Å²) in [6.45, 7) is 6.45. The van der Waals surface area contributed by atoms with E-state index in [0.717, 1.165) is 29.9 Å². The van der Waals surface area contributed by atoms with Gasteiger partial charge in [0.15, 0.2) is 0 Å². The Morgan fingerprint density at radius 2 is 2.04 bits per heavy atom. The summed E-state index contributed by atoms with van der Waals surface area (Å²) in [5.74, 6) is -0.223.